The Balaban J connectivity index is 3.95. The predicted molar refractivity (Wildman–Crippen MR) is 427 cm³/mol. The number of carbonyl (C=O) groups excluding carboxylic acids is 2. The van der Waals surface area contributed by atoms with E-state index in [9.17, 15) is 19.0 Å². The van der Waals surface area contributed by atoms with E-state index in [2.05, 4.69) is 123 Å². The Hall–Kier alpha value is -3.33. The third kappa shape index (κ3) is 81.6. The molecule has 9 nitrogen and oxygen atoms in total. The van der Waals surface area contributed by atoms with E-state index in [0.717, 1.165) is 89.9 Å². The minimum Gasteiger partial charge on any atom is -0.462 e. The van der Waals surface area contributed by atoms with Crippen molar-refractivity contribution in [1.82, 2.24) is 0 Å². The maximum absolute atomic E-state index is 12.9. The molecule has 0 aromatic heterocycles. The summed E-state index contributed by atoms with van der Waals surface area (Å²) in [6, 6.07) is 0. The van der Waals surface area contributed by atoms with Gasteiger partial charge in [-0.1, -0.05) is 380 Å². The number of rotatable bonds is 77. The molecule has 0 aliphatic carbocycles. The first-order valence-corrected chi connectivity index (χ1v) is 43.1. The fourth-order valence-corrected chi connectivity index (χ4v) is 12.7. The second-order valence-electron chi connectivity index (χ2n) is 29.1. The summed E-state index contributed by atoms with van der Waals surface area (Å²) in [5.74, 6) is -0.787. The Kier molecular flexibility index (Phi) is 75.2. The number of phosphoric acid groups is 1. The standard InChI is InChI=1S/C88H158NO8P/c1-6-8-10-12-14-16-18-20-22-24-26-28-30-32-34-36-38-40-42-44-46-48-50-52-54-56-58-60-62-64-66-68-70-72-74-76-78-80-87(90)94-84-86(85-96-98(92,93)95-83-82-89(3,4)5)97-88(91)81-79-77-75-73-71-69-67-65-63-61-59-57-55-53-51-49-47-45-43-41-39-37-35-33-31-29-27-25-23-21-19-17-15-13-11-9-7-2/h9,11,15,17,21,23-24,26-27,29,33,35,39,41,45,47,51,53,86H,6-8,10,12-14,16,18-20,22,25,28,30-32,34,36-38,40,42-44,46,48-50,52,54-85H2,1-5H3/p+1/b11-9-,17-15-,23-21-,26-24-,29-27-,35-33-,41-39-,47-45-,53-51-. The Labute approximate surface area is 607 Å². The molecule has 2 atom stereocenters. The number of nitrogens with zero attached hydrogens (tertiary/aromatic N) is 1. The molecule has 0 aliphatic rings. The van der Waals surface area contributed by atoms with E-state index in [0.29, 0.717) is 17.4 Å². The maximum Gasteiger partial charge on any atom is 0.472 e. The fourth-order valence-electron chi connectivity index (χ4n) is 12.0. The van der Waals surface area contributed by atoms with E-state index >= 15 is 0 Å². The van der Waals surface area contributed by atoms with Crippen molar-refractivity contribution in [2.45, 2.75) is 392 Å². The van der Waals surface area contributed by atoms with Gasteiger partial charge in [-0.2, -0.15) is 0 Å². The predicted octanol–water partition coefficient (Wildman–Crippen LogP) is 28.0. The summed E-state index contributed by atoms with van der Waals surface area (Å²) in [6.07, 6.45) is 111. The zero-order valence-electron chi connectivity index (χ0n) is 65.0. The number of quaternary nitrogens is 1. The minimum absolute atomic E-state index is 0.0294. The quantitative estimate of drug-likeness (QED) is 0.0211. The lowest BCUT2D eigenvalue weighted by Crippen LogP contribution is -2.37. The van der Waals surface area contributed by atoms with E-state index in [1.165, 1.54) is 263 Å². The molecule has 0 saturated carbocycles. The normalized spacial score (nSPS) is 13.6. The number of ether oxygens (including phenoxy) is 2. The monoisotopic (exact) mass is 1390 g/mol. The van der Waals surface area contributed by atoms with Crippen molar-refractivity contribution >= 4 is 19.8 Å². The summed E-state index contributed by atoms with van der Waals surface area (Å²) < 4.78 is 34.8. The number of hydrogen-bond donors (Lipinski definition) is 1. The molecule has 0 spiro atoms. The number of allylic oxidation sites excluding steroid dienone is 18. The van der Waals surface area contributed by atoms with Crippen molar-refractivity contribution in [2.75, 3.05) is 47.5 Å². The van der Waals surface area contributed by atoms with E-state index in [1.807, 2.05) is 21.1 Å². The number of phosphoric ester groups is 1. The molecular formula is C88H159NO8P+. The van der Waals surface area contributed by atoms with Gasteiger partial charge in [-0.05, 0) is 103 Å². The van der Waals surface area contributed by atoms with Crippen molar-refractivity contribution in [3.8, 4) is 0 Å². The molecule has 0 radical (unpaired) electrons. The van der Waals surface area contributed by atoms with Gasteiger partial charge in [-0.3, -0.25) is 18.6 Å². The Morgan fingerprint density at radius 3 is 0.878 bits per heavy atom. The lowest BCUT2D eigenvalue weighted by molar-refractivity contribution is -0.870. The molecule has 98 heavy (non-hydrogen) atoms. The largest absolute Gasteiger partial charge is 0.472 e. The van der Waals surface area contributed by atoms with E-state index in [4.69, 9.17) is 18.5 Å². The van der Waals surface area contributed by atoms with Crippen molar-refractivity contribution in [1.29, 1.82) is 0 Å². The van der Waals surface area contributed by atoms with Crippen molar-refractivity contribution in [2.24, 2.45) is 0 Å². The van der Waals surface area contributed by atoms with Crippen LogP contribution in [0.2, 0.25) is 0 Å². The second kappa shape index (κ2) is 77.8. The molecule has 0 amide bonds. The van der Waals surface area contributed by atoms with Gasteiger partial charge >= 0.3 is 19.8 Å². The molecule has 0 saturated heterocycles. The second-order valence-corrected chi connectivity index (χ2v) is 30.6. The average Bonchev–Trinajstić information content (AvgIpc) is 1.08. The molecule has 10 heteroatoms. The zero-order valence-corrected chi connectivity index (χ0v) is 65.9. The molecule has 2 unspecified atom stereocenters. The Bertz CT molecular complexity index is 2030. The minimum atomic E-state index is -4.40. The van der Waals surface area contributed by atoms with Gasteiger partial charge < -0.3 is 18.9 Å². The van der Waals surface area contributed by atoms with Crippen LogP contribution in [0.3, 0.4) is 0 Å². The van der Waals surface area contributed by atoms with E-state index < -0.39 is 26.5 Å². The van der Waals surface area contributed by atoms with E-state index in [1.54, 1.807) is 0 Å². The fraction of sp³-hybridized carbons (Fsp3) is 0.773. The van der Waals surface area contributed by atoms with Gasteiger partial charge in [0.1, 0.15) is 19.8 Å². The first-order chi connectivity index (χ1) is 48.0. The Morgan fingerprint density at radius 2 is 0.582 bits per heavy atom. The summed E-state index contributed by atoms with van der Waals surface area (Å²) in [5, 5.41) is 0. The van der Waals surface area contributed by atoms with Crippen molar-refractivity contribution in [3.05, 3.63) is 109 Å². The highest BCUT2D eigenvalue weighted by atomic mass is 31.2. The van der Waals surface area contributed by atoms with Crippen LogP contribution < -0.4 is 0 Å². The summed E-state index contributed by atoms with van der Waals surface area (Å²) in [6.45, 7) is 4.36. The van der Waals surface area contributed by atoms with Gasteiger partial charge in [0, 0.05) is 12.8 Å². The summed E-state index contributed by atoms with van der Waals surface area (Å²) >= 11 is 0. The van der Waals surface area contributed by atoms with Crippen LogP contribution in [0.1, 0.15) is 386 Å². The van der Waals surface area contributed by atoms with Crippen LogP contribution in [-0.2, 0) is 32.7 Å². The molecule has 0 heterocycles. The highest BCUT2D eigenvalue weighted by Crippen LogP contribution is 2.43. The van der Waals surface area contributed by atoms with Crippen LogP contribution in [0, 0.1) is 0 Å². The molecule has 0 rings (SSSR count). The maximum atomic E-state index is 12.9. The SMILES string of the molecule is CC/C=C\C/C=C\C/C=C\C/C=C\C/C=C\C/C=C\C/C=C\C/C=C\CCCCCCCCCCCCCCC(=O)OC(COC(=O)CCCCCCCCCCCCCCCCCCCCCCCCCCC/C=C\CCCCCCCCCC)COP(=O)(O)OCC[N+](C)(C)C. The topological polar surface area (TPSA) is 108 Å². The highest BCUT2D eigenvalue weighted by Gasteiger charge is 2.27. The van der Waals surface area contributed by atoms with Crippen LogP contribution in [0.25, 0.3) is 0 Å². The van der Waals surface area contributed by atoms with E-state index in [-0.39, 0.29) is 32.0 Å². The molecule has 0 aromatic carbocycles. The highest BCUT2D eigenvalue weighted by molar-refractivity contribution is 7.47. The average molecular weight is 1390 g/mol. The number of carbonyl (C=O) groups is 2. The van der Waals surface area contributed by atoms with Gasteiger partial charge in [0.25, 0.3) is 0 Å². The first-order valence-electron chi connectivity index (χ1n) is 41.6. The Morgan fingerprint density at radius 1 is 0.327 bits per heavy atom. The van der Waals surface area contributed by atoms with Gasteiger partial charge in [-0.15, -0.1) is 0 Å². The third-order valence-electron chi connectivity index (χ3n) is 18.3. The zero-order chi connectivity index (χ0) is 71.1. The number of unbranched alkanes of at least 4 members (excludes halogenated alkanes) is 45. The molecule has 0 aromatic rings. The lowest BCUT2D eigenvalue weighted by atomic mass is 10.0. The summed E-state index contributed by atoms with van der Waals surface area (Å²) in [4.78, 5) is 36.0. The lowest BCUT2D eigenvalue weighted by Gasteiger charge is -2.24. The molecule has 0 bridgehead atoms. The number of likely N-dealkylation sites (N-methyl/N-ethyl adjacent to an activating group) is 1. The first kappa shape index (κ1) is 94.7. The summed E-state index contributed by atoms with van der Waals surface area (Å²) in [5.41, 5.74) is 0. The van der Waals surface area contributed by atoms with Crippen LogP contribution in [-0.4, -0.2) is 74.9 Å². The molecular weight excluding hydrogens is 1230 g/mol. The van der Waals surface area contributed by atoms with Gasteiger partial charge in [0.15, 0.2) is 6.10 Å². The molecule has 0 fully saturated rings. The molecule has 568 valence electrons. The van der Waals surface area contributed by atoms with Crippen LogP contribution in [0.15, 0.2) is 109 Å². The van der Waals surface area contributed by atoms with Crippen molar-refractivity contribution in [3.63, 3.8) is 0 Å². The van der Waals surface area contributed by atoms with Gasteiger partial charge in [-0.25, -0.2) is 4.57 Å². The third-order valence-corrected chi connectivity index (χ3v) is 19.3. The van der Waals surface area contributed by atoms with Crippen LogP contribution >= 0.6 is 7.82 Å². The smallest absolute Gasteiger partial charge is 0.462 e. The van der Waals surface area contributed by atoms with Gasteiger partial charge in [0.05, 0.1) is 27.7 Å². The van der Waals surface area contributed by atoms with Crippen LogP contribution in [0.5, 0.6) is 0 Å². The molecule has 0 aliphatic heterocycles. The number of esters is 2. The van der Waals surface area contributed by atoms with Crippen molar-refractivity contribution < 1.29 is 42.1 Å². The summed E-state index contributed by atoms with van der Waals surface area (Å²) in [7, 11) is 1.48. The number of hydrogen-bond acceptors (Lipinski definition) is 7. The molecule has 1 N–H and O–H groups in total. The van der Waals surface area contributed by atoms with Gasteiger partial charge in [0.2, 0.25) is 0 Å². The van der Waals surface area contributed by atoms with Crippen LogP contribution in [0.4, 0.5) is 0 Å².